The molecule has 19 heavy (non-hydrogen) atoms. The second kappa shape index (κ2) is 5.70. The molecule has 2 rings (SSSR count). The Kier molecular flexibility index (Phi) is 4.00. The van der Waals surface area contributed by atoms with E-state index < -0.39 is 5.97 Å². The van der Waals surface area contributed by atoms with E-state index >= 15 is 0 Å². The Labute approximate surface area is 113 Å². The third-order valence-electron chi connectivity index (χ3n) is 3.42. The lowest BCUT2D eigenvalue weighted by Crippen LogP contribution is -1.97. The number of aryl methyl sites for hydroxylation is 3. The van der Waals surface area contributed by atoms with Crippen LogP contribution in [0.1, 0.15) is 23.1 Å². The Morgan fingerprint density at radius 1 is 0.947 bits per heavy atom. The van der Waals surface area contributed by atoms with Crippen LogP contribution in [0, 0.1) is 13.8 Å². The summed E-state index contributed by atoms with van der Waals surface area (Å²) >= 11 is 0. The lowest BCUT2D eigenvalue weighted by atomic mass is 9.99. The third-order valence-corrected chi connectivity index (χ3v) is 3.42. The molecule has 2 aromatic carbocycles. The Hall–Kier alpha value is -2.09. The quantitative estimate of drug-likeness (QED) is 0.895. The van der Waals surface area contributed by atoms with E-state index in [1.807, 2.05) is 12.1 Å². The second-order valence-corrected chi connectivity index (χ2v) is 4.89. The molecule has 0 fully saturated rings. The van der Waals surface area contributed by atoms with Gasteiger partial charge in [-0.25, -0.2) is 0 Å². The molecule has 0 spiro atoms. The standard InChI is InChI=1S/C17H18O2/c1-12-3-7-16(11-13(12)2)15-8-4-14(5-9-15)6-10-17(18)19/h3-5,7-9,11H,6,10H2,1-2H3,(H,18,19). The summed E-state index contributed by atoms with van der Waals surface area (Å²) in [6, 6.07) is 14.6. The van der Waals surface area contributed by atoms with Gasteiger partial charge in [0, 0.05) is 6.42 Å². The highest BCUT2D eigenvalue weighted by Gasteiger charge is 2.02. The molecule has 0 unspecified atom stereocenters. The van der Waals surface area contributed by atoms with Gasteiger partial charge in [0.25, 0.3) is 0 Å². The molecule has 98 valence electrons. The van der Waals surface area contributed by atoms with Crippen molar-refractivity contribution in [3.8, 4) is 11.1 Å². The summed E-state index contributed by atoms with van der Waals surface area (Å²) in [6.07, 6.45) is 0.769. The molecule has 0 bridgehead atoms. The normalized spacial score (nSPS) is 10.4. The van der Waals surface area contributed by atoms with Crippen LogP contribution in [0.3, 0.4) is 0 Å². The van der Waals surface area contributed by atoms with Gasteiger partial charge < -0.3 is 5.11 Å². The van der Waals surface area contributed by atoms with Crippen molar-refractivity contribution in [1.82, 2.24) is 0 Å². The molecule has 0 amide bonds. The Balaban J connectivity index is 2.17. The zero-order valence-corrected chi connectivity index (χ0v) is 11.3. The summed E-state index contributed by atoms with van der Waals surface area (Å²) in [5, 5.41) is 8.66. The number of hydrogen-bond donors (Lipinski definition) is 1. The van der Waals surface area contributed by atoms with Gasteiger partial charge in [-0.15, -0.1) is 0 Å². The van der Waals surface area contributed by atoms with Gasteiger partial charge in [0.15, 0.2) is 0 Å². The summed E-state index contributed by atoms with van der Waals surface area (Å²) in [5.41, 5.74) is 6.01. The first kappa shape index (κ1) is 13.3. The fourth-order valence-electron chi connectivity index (χ4n) is 2.04. The Bertz CT molecular complexity index is 583. The maximum absolute atomic E-state index is 10.5. The minimum Gasteiger partial charge on any atom is -0.481 e. The number of rotatable bonds is 4. The fraction of sp³-hybridized carbons (Fsp3) is 0.235. The average Bonchev–Trinajstić information content (AvgIpc) is 2.40. The molecule has 0 aliphatic rings. The maximum Gasteiger partial charge on any atom is 0.303 e. The van der Waals surface area contributed by atoms with Crippen LogP contribution in [0.5, 0.6) is 0 Å². The highest BCUT2D eigenvalue weighted by molar-refractivity contribution is 5.67. The highest BCUT2D eigenvalue weighted by Crippen LogP contribution is 2.22. The van der Waals surface area contributed by atoms with E-state index in [1.165, 1.54) is 22.3 Å². The number of carbonyl (C=O) groups is 1. The van der Waals surface area contributed by atoms with Crippen molar-refractivity contribution in [3.05, 3.63) is 59.2 Å². The number of aliphatic carboxylic acids is 1. The molecular formula is C17H18O2. The SMILES string of the molecule is Cc1ccc(-c2ccc(CCC(=O)O)cc2)cc1C. The minimum absolute atomic E-state index is 0.184. The number of hydrogen-bond acceptors (Lipinski definition) is 1. The maximum atomic E-state index is 10.5. The molecular weight excluding hydrogens is 236 g/mol. The summed E-state index contributed by atoms with van der Waals surface area (Å²) in [7, 11) is 0. The number of carboxylic acid groups (broad SMARTS) is 1. The first-order chi connectivity index (χ1) is 9.06. The van der Waals surface area contributed by atoms with Crippen LogP contribution in [0.25, 0.3) is 11.1 Å². The molecule has 0 aliphatic heterocycles. The van der Waals surface area contributed by atoms with E-state index in [1.54, 1.807) is 0 Å². The van der Waals surface area contributed by atoms with Gasteiger partial charge in [-0.3, -0.25) is 4.79 Å². The van der Waals surface area contributed by atoms with Crippen LogP contribution in [0.2, 0.25) is 0 Å². The van der Waals surface area contributed by atoms with Crippen molar-refractivity contribution < 1.29 is 9.90 Å². The Morgan fingerprint density at radius 2 is 1.58 bits per heavy atom. The molecule has 0 heterocycles. The van der Waals surface area contributed by atoms with Gasteiger partial charge in [-0.2, -0.15) is 0 Å². The average molecular weight is 254 g/mol. The zero-order valence-electron chi connectivity index (χ0n) is 11.3. The molecule has 0 saturated heterocycles. The first-order valence-electron chi connectivity index (χ1n) is 6.44. The first-order valence-corrected chi connectivity index (χ1v) is 6.44. The van der Waals surface area contributed by atoms with E-state index in [0.29, 0.717) is 6.42 Å². The molecule has 2 aromatic rings. The predicted molar refractivity (Wildman–Crippen MR) is 77.3 cm³/mol. The van der Waals surface area contributed by atoms with E-state index in [-0.39, 0.29) is 6.42 Å². The van der Waals surface area contributed by atoms with Crippen LogP contribution in [0.15, 0.2) is 42.5 Å². The van der Waals surface area contributed by atoms with E-state index in [0.717, 1.165) is 5.56 Å². The predicted octanol–water partition coefficient (Wildman–Crippen LogP) is 3.99. The molecule has 0 aromatic heterocycles. The second-order valence-electron chi connectivity index (χ2n) is 4.89. The lowest BCUT2D eigenvalue weighted by molar-refractivity contribution is -0.136. The van der Waals surface area contributed by atoms with Gasteiger partial charge in [0.1, 0.15) is 0 Å². The van der Waals surface area contributed by atoms with Gasteiger partial charge in [-0.1, -0.05) is 42.5 Å². The molecule has 2 nitrogen and oxygen atoms in total. The molecule has 0 aliphatic carbocycles. The zero-order chi connectivity index (χ0) is 13.8. The van der Waals surface area contributed by atoms with Crippen molar-refractivity contribution in [1.29, 1.82) is 0 Å². The van der Waals surface area contributed by atoms with Gasteiger partial charge in [-0.05, 0) is 48.1 Å². The number of carboxylic acids is 1. The van der Waals surface area contributed by atoms with Crippen LogP contribution in [-0.4, -0.2) is 11.1 Å². The van der Waals surface area contributed by atoms with Crippen molar-refractivity contribution in [2.45, 2.75) is 26.7 Å². The summed E-state index contributed by atoms with van der Waals surface area (Å²) in [5.74, 6) is -0.752. The van der Waals surface area contributed by atoms with Gasteiger partial charge in [0.05, 0.1) is 0 Å². The topological polar surface area (TPSA) is 37.3 Å². The monoisotopic (exact) mass is 254 g/mol. The van der Waals surface area contributed by atoms with E-state index in [4.69, 9.17) is 5.11 Å². The summed E-state index contributed by atoms with van der Waals surface area (Å²) in [4.78, 5) is 10.5. The molecule has 2 heteroatoms. The highest BCUT2D eigenvalue weighted by atomic mass is 16.4. The van der Waals surface area contributed by atoms with E-state index in [2.05, 4.69) is 44.2 Å². The van der Waals surface area contributed by atoms with Crippen LogP contribution < -0.4 is 0 Å². The molecule has 0 saturated carbocycles. The minimum atomic E-state index is -0.752. The van der Waals surface area contributed by atoms with Crippen LogP contribution >= 0.6 is 0 Å². The van der Waals surface area contributed by atoms with Crippen molar-refractivity contribution in [3.63, 3.8) is 0 Å². The Morgan fingerprint density at radius 3 is 2.16 bits per heavy atom. The molecule has 0 atom stereocenters. The van der Waals surface area contributed by atoms with Gasteiger partial charge in [0.2, 0.25) is 0 Å². The molecule has 0 radical (unpaired) electrons. The van der Waals surface area contributed by atoms with Gasteiger partial charge >= 0.3 is 5.97 Å². The van der Waals surface area contributed by atoms with Crippen LogP contribution in [-0.2, 0) is 11.2 Å². The van der Waals surface area contributed by atoms with Crippen molar-refractivity contribution >= 4 is 5.97 Å². The van der Waals surface area contributed by atoms with Crippen LogP contribution in [0.4, 0.5) is 0 Å². The van der Waals surface area contributed by atoms with E-state index in [9.17, 15) is 4.79 Å². The third kappa shape index (κ3) is 3.44. The molecule has 1 N–H and O–H groups in total. The summed E-state index contributed by atoms with van der Waals surface area (Å²) < 4.78 is 0. The fourth-order valence-corrected chi connectivity index (χ4v) is 2.04. The number of benzene rings is 2. The van der Waals surface area contributed by atoms with Crippen molar-refractivity contribution in [2.75, 3.05) is 0 Å². The summed E-state index contributed by atoms with van der Waals surface area (Å²) in [6.45, 7) is 4.22. The largest absolute Gasteiger partial charge is 0.481 e. The van der Waals surface area contributed by atoms with Crippen molar-refractivity contribution in [2.24, 2.45) is 0 Å². The lowest BCUT2D eigenvalue weighted by Gasteiger charge is -2.06. The smallest absolute Gasteiger partial charge is 0.303 e.